The molecule has 122 valence electrons. The molecule has 2 N–H and O–H groups in total. The minimum Gasteiger partial charge on any atom is -0.480 e. The molecule has 1 aliphatic heterocycles. The number of carbonyl (C=O) groups excluding carboxylic acids is 1. The highest BCUT2D eigenvalue weighted by Crippen LogP contribution is 2.32. The predicted molar refractivity (Wildman–Crippen MR) is 78.9 cm³/mol. The molecule has 0 unspecified atom stereocenters. The number of nitrogens with zero attached hydrogens (tertiary/aromatic N) is 4. The summed E-state index contributed by atoms with van der Waals surface area (Å²) in [6, 6.07) is 2.51. The summed E-state index contributed by atoms with van der Waals surface area (Å²) < 4.78 is 10.3. The molecule has 0 radical (unpaired) electrons. The Morgan fingerprint density at radius 3 is 3.09 bits per heavy atom. The standard InChI is InChI=1S/C14H17N5O4/c1-8-16-13(23-18-8)11-6-9(20)7-19(11)14(21)17-10-4-3-5-15-12(10)22-2/h3-5,9,11,20H,6-7H2,1-2H3,(H,17,21)/t9-,11-/m1/s1. The van der Waals surface area contributed by atoms with E-state index in [4.69, 9.17) is 9.26 Å². The Morgan fingerprint density at radius 1 is 1.57 bits per heavy atom. The molecule has 0 aliphatic carbocycles. The van der Waals surface area contributed by atoms with Crippen molar-refractivity contribution in [3.8, 4) is 5.88 Å². The molecule has 1 saturated heterocycles. The summed E-state index contributed by atoms with van der Waals surface area (Å²) in [6.07, 6.45) is 1.27. The molecule has 2 amide bonds. The Balaban J connectivity index is 1.80. The second-order valence-corrected chi connectivity index (χ2v) is 5.23. The van der Waals surface area contributed by atoms with Crippen molar-refractivity contribution in [1.82, 2.24) is 20.0 Å². The SMILES string of the molecule is COc1ncccc1NC(=O)N1C[C@H](O)C[C@@H]1c1nc(C)no1. The Labute approximate surface area is 132 Å². The minimum atomic E-state index is -0.645. The van der Waals surface area contributed by atoms with Crippen LogP contribution in [-0.4, -0.2) is 50.9 Å². The maximum atomic E-state index is 12.5. The van der Waals surface area contributed by atoms with Crippen molar-refractivity contribution < 1.29 is 19.2 Å². The van der Waals surface area contributed by atoms with Gasteiger partial charge in [-0.25, -0.2) is 9.78 Å². The van der Waals surface area contributed by atoms with E-state index in [-0.39, 0.29) is 6.54 Å². The zero-order valence-corrected chi connectivity index (χ0v) is 12.8. The molecule has 0 spiro atoms. The molecule has 0 bridgehead atoms. The van der Waals surface area contributed by atoms with Gasteiger partial charge in [-0.3, -0.25) is 0 Å². The summed E-state index contributed by atoms with van der Waals surface area (Å²) in [5, 5.41) is 16.4. The zero-order chi connectivity index (χ0) is 16.4. The lowest BCUT2D eigenvalue weighted by molar-refractivity contribution is 0.174. The number of anilines is 1. The van der Waals surface area contributed by atoms with Gasteiger partial charge in [-0.2, -0.15) is 4.98 Å². The van der Waals surface area contributed by atoms with Crippen LogP contribution in [0.1, 0.15) is 24.2 Å². The zero-order valence-electron chi connectivity index (χ0n) is 12.8. The van der Waals surface area contributed by atoms with E-state index in [0.29, 0.717) is 29.7 Å². The lowest BCUT2D eigenvalue weighted by Gasteiger charge is -2.22. The van der Waals surface area contributed by atoms with Crippen LogP contribution in [0.2, 0.25) is 0 Å². The van der Waals surface area contributed by atoms with E-state index in [2.05, 4.69) is 20.4 Å². The van der Waals surface area contributed by atoms with Gasteiger partial charge in [0.1, 0.15) is 11.7 Å². The number of β-amino-alcohol motifs (C(OH)–C–C–N with tert-alkyl or cyclic N) is 1. The number of rotatable bonds is 3. The van der Waals surface area contributed by atoms with Crippen molar-refractivity contribution in [3.05, 3.63) is 30.0 Å². The Bertz CT molecular complexity index is 704. The predicted octanol–water partition coefficient (Wildman–Crippen LogP) is 1.12. The van der Waals surface area contributed by atoms with Gasteiger partial charge in [-0.1, -0.05) is 5.16 Å². The van der Waals surface area contributed by atoms with E-state index in [0.717, 1.165) is 0 Å². The van der Waals surface area contributed by atoms with Crippen LogP contribution in [0.5, 0.6) is 5.88 Å². The molecule has 2 aromatic heterocycles. The first kappa shape index (κ1) is 15.2. The van der Waals surface area contributed by atoms with Crippen molar-refractivity contribution in [2.75, 3.05) is 19.0 Å². The molecular formula is C14H17N5O4. The van der Waals surface area contributed by atoms with Crippen LogP contribution in [0.25, 0.3) is 0 Å². The maximum absolute atomic E-state index is 12.5. The second kappa shape index (κ2) is 6.21. The van der Waals surface area contributed by atoms with Gasteiger partial charge in [0.25, 0.3) is 0 Å². The van der Waals surface area contributed by atoms with Crippen molar-refractivity contribution in [2.45, 2.75) is 25.5 Å². The molecule has 9 nitrogen and oxygen atoms in total. The summed E-state index contributed by atoms with van der Waals surface area (Å²) in [6.45, 7) is 1.88. The smallest absolute Gasteiger partial charge is 0.322 e. The molecule has 1 aliphatic rings. The van der Waals surface area contributed by atoms with Crippen LogP contribution in [-0.2, 0) is 0 Å². The van der Waals surface area contributed by atoms with E-state index in [1.807, 2.05) is 0 Å². The highest BCUT2D eigenvalue weighted by molar-refractivity contribution is 5.91. The molecule has 3 heterocycles. The number of carbonyl (C=O) groups is 1. The van der Waals surface area contributed by atoms with Gasteiger partial charge in [0, 0.05) is 19.2 Å². The van der Waals surface area contributed by atoms with Crippen LogP contribution in [0.3, 0.4) is 0 Å². The number of hydrogen-bond acceptors (Lipinski definition) is 7. The monoisotopic (exact) mass is 319 g/mol. The van der Waals surface area contributed by atoms with Crippen molar-refractivity contribution in [3.63, 3.8) is 0 Å². The molecule has 0 saturated carbocycles. The Kier molecular flexibility index (Phi) is 4.11. The molecule has 23 heavy (non-hydrogen) atoms. The van der Waals surface area contributed by atoms with Gasteiger partial charge >= 0.3 is 6.03 Å². The largest absolute Gasteiger partial charge is 0.480 e. The molecule has 2 atom stereocenters. The van der Waals surface area contributed by atoms with Crippen LogP contribution in [0.4, 0.5) is 10.5 Å². The first-order valence-corrected chi connectivity index (χ1v) is 7.13. The van der Waals surface area contributed by atoms with Gasteiger partial charge in [0.05, 0.1) is 13.2 Å². The molecule has 2 aromatic rings. The van der Waals surface area contributed by atoms with Crippen LogP contribution in [0.15, 0.2) is 22.9 Å². The number of aryl methyl sites for hydroxylation is 1. The number of methoxy groups -OCH3 is 1. The number of aromatic nitrogens is 3. The number of nitrogens with one attached hydrogen (secondary N) is 1. The minimum absolute atomic E-state index is 0.181. The topological polar surface area (TPSA) is 114 Å². The number of aliphatic hydroxyl groups is 1. The molecular weight excluding hydrogens is 302 g/mol. The van der Waals surface area contributed by atoms with E-state index >= 15 is 0 Å². The first-order valence-electron chi connectivity index (χ1n) is 7.13. The summed E-state index contributed by atoms with van der Waals surface area (Å²) in [5.41, 5.74) is 0.446. The Hall–Kier alpha value is -2.68. The Morgan fingerprint density at radius 2 is 2.39 bits per heavy atom. The van der Waals surface area contributed by atoms with E-state index in [1.165, 1.54) is 12.0 Å². The average Bonchev–Trinajstić information content (AvgIpc) is 3.13. The van der Waals surface area contributed by atoms with E-state index in [9.17, 15) is 9.90 Å². The van der Waals surface area contributed by atoms with E-state index in [1.54, 1.807) is 25.3 Å². The fourth-order valence-electron chi connectivity index (χ4n) is 2.56. The summed E-state index contributed by atoms with van der Waals surface area (Å²) >= 11 is 0. The van der Waals surface area contributed by atoms with Crippen LogP contribution >= 0.6 is 0 Å². The molecule has 9 heteroatoms. The third-order valence-corrected chi connectivity index (χ3v) is 3.57. The summed E-state index contributed by atoms with van der Waals surface area (Å²) in [7, 11) is 1.47. The fraction of sp³-hybridized carbons (Fsp3) is 0.429. The van der Waals surface area contributed by atoms with Gasteiger partial charge < -0.3 is 24.6 Å². The number of amides is 2. The fourth-order valence-corrected chi connectivity index (χ4v) is 2.56. The number of pyridine rings is 1. The highest BCUT2D eigenvalue weighted by atomic mass is 16.5. The third kappa shape index (κ3) is 3.09. The van der Waals surface area contributed by atoms with Crippen molar-refractivity contribution in [2.24, 2.45) is 0 Å². The highest BCUT2D eigenvalue weighted by Gasteiger charge is 2.39. The number of hydrogen-bond donors (Lipinski definition) is 2. The average molecular weight is 319 g/mol. The van der Waals surface area contributed by atoms with Crippen molar-refractivity contribution >= 4 is 11.7 Å². The maximum Gasteiger partial charge on any atom is 0.322 e. The molecule has 0 aromatic carbocycles. The van der Waals surface area contributed by atoms with Crippen molar-refractivity contribution in [1.29, 1.82) is 0 Å². The lowest BCUT2D eigenvalue weighted by atomic mass is 10.2. The van der Waals surface area contributed by atoms with E-state index < -0.39 is 18.2 Å². The summed E-state index contributed by atoms with van der Waals surface area (Å²) in [4.78, 5) is 22.2. The lowest BCUT2D eigenvalue weighted by Crippen LogP contribution is -2.35. The van der Waals surface area contributed by atoms with Crippen LogP contribution in [0, 0.1) is 6.92 Å². The number of ether oxygens (including phenoxy) is 1. The second-order valence-electron chi connectivity index (χ2n) is 5.23. The molecule has 1 fully saturated rings. The van der Waals surface area contributed by atoms with Gasteiger partial charge in [0.2, 0.25) is 11.8 Å². The number of likely N-dealkylation sites (tertiary alicyclic amines) is 1. The quantitative estimate of drug-likeness (QED) is 0.871. The van der Waals surface area contributed by atoms with Crippen LogP contribution < -0.4 is 10.1 Å². The molecule has 3 rings (SSSR count). The number of urea groups is 1. The van der Waals surface area contributed by atoms with Gasteiger partial charge in [0.15, 0.2) is 5.82 Å². The number of aliphatic hydroxyl groups excluding tert-OH is 1. The first-order chi connectivity index (χ1) is 11.1. The third-order valence-electron chi connectivity index (χ3n) is 3.57. The van der Waals surface area contributed by atoms with Gasteiger partial charge in [-0.15, -0.1) is 0 Å². The summed E-state index contributed by atoms with van der Waals surface area (Å²) in [5.74, 6) is 1.11. The normalized spacial score (nSPS) is 20.6. The van der Waals surface area contributed by atoms with Gasteiger partial charge in [-0.05, 0) is 19.1 Å².